The Balaban J connectivity index is 2.57. The van der Waals surface area contributed by atoms with E-state index >= 15 is 0 Å². The summed E-state index contributed by atoms with van der Waals surface area (Å²) in [7, 11) is 0. The van der Waals surface area contributed by atoms with E-state index in [9.17, 15) is 4.79 Å². The van der Waals surface area contributed by atoms with Gasteiger partial charge in [0.1, 0.15) is 18.4 Å². The molecular formula is C4H4O4. The van der Waals surface area contributed by atoms with Gasteiger partial charge < -0.3 is 9.99 Å². The molecule has 1 heterocycles. The van der Waals surface area contributed by atoms with Crippen LogP contribution >= 0.6 is 0 Å². The predicted octanol–water partition coefficient (Wildman–Crippen LogP) is -0.0833. The van der Waals surface area contributed by atoms with Crippen LogP contribution < -0.4 is 0 Å². The van der Waals surface area contributed by atoms with Crippen LogP contribution in [0.3, 0.4) is 0 Å². The van der Waals surface area contributed by atoms with Crippen LogP contribution in [0.2, 0.25) is 0 Å². The number of rotatable bonds is 1. The molecule has 0 aromatic rings. The fourth-order valence-corrected chi connectivity index (χ4v) is 0.336. The van der Waals surface area contributed by atoms with E-state index in [1.807, 2.05) is 0 Å². The molecule has 0 bridgehead atoms. The highest BCUT2D eigenvalue weighted by atomic mass is 17.2. The smallest absolute Gasteiger partial charge is 0.337 e. The lowest BCUT2D eigenvalue weighted by molar-refractivity contribution is -0.222. The summed E-state index contributed by atoms with van der Waals surface area (Å²) in [6.45, 7) is 0.0370. The molecule has 0 saturated heterocycles. The molecule has 0 aliphatic carbocycles. The highest BCUT2D eigenvalue weighted by Crippen LogP contribution is 2.04. The van der Waals surface area contributed by atoms with Crippen LogP contribution in [0.4, 0.5) is 0 Å². The van der Waals surface area contributed by atoms with Crippen molar-refractivity contribution in [3.05, 3.63) is 11.8 Å². The van der Waals surface area contributed by atoms with E-state index in [0.29, 0.717) is 0 Å². The predicted molar refractivity (Wildman–Crippen MR) is 22.8 cm³/mol. The summed E-state index contributed by atoms with van der Waals surface area (Å²) in [6, 6.07) is 0. The average molecular weight is 116 g/mol. The largest absolute Gasteiger partial charge is 0.478 e. The standard InChI is InChI=1S/C4H4O4/c5-4(6)3-1-7-8-2-3/h1H,2H2,(H,5,6). The molecule has 8 heavy (non-hydrogen) atoms. The van der Waals surface area contributed by atoms with Gasteiger partial charge in [-0.15, -0.1) is 0 Å². The Morgan fingerprint density at radius 3 is 2.88 bits per heavy atom. The van der Waals surface area contributed by atoms with E-state index < -0.39 is 5.97 Å². The quantitative estimate of drug-likeness (QED) is 0.486. The molecule has 0 aromatic heterocycles. The first-order valence-electron chi connectivity index (χ1n) is 2.01. The van der Waals surface area contributed by atoms with Crippen LogP contribution in [0.1, 0.15) is 0 Å². The maximum Gasteiger partial charge on any atom is 0.337 e. The Morgan fingerprint density at radius 1 is 1.88 bits per heavy atom. The molecule has 0 saturated carbocycles. The van der Waals surface area contributed by atoms with E-state index in [1.165, 1.54) is 0 Å². The van der Waals surface area contributed by atoms with Crippen molar-refractivity contribution < 1.29 is 19.7 Å². The lowest BCUT2D eigenvalue weighted by Gasteiger charge is -1.84. The van der Waals surface area contributed by atoms with Crippen molar-refractivity contribution >= 4 is 5.97 Å². The summed E-state index contributed by atoms with van der Waals surface area (Å²) >= 11 is 0. The molecule has 0 fully saturated rings. The third-order valence-electron chi connectivity index (χ3n) is 0.748. The molecule has 1 rings (SSSR count). The monoisotopic (exact) mass is 116 g/mol. The van der Waals surface area contributed by atoms with Crippen molar-refractivity contribution in [2.75, 3.05) is 6.61 Å². The molecule has 0 atom stereocenters. The second-order valence-corrected chi connectivity index (χ2v) is 1.31. The summed E-state index contributed by atoms with van der Waals surface area (Å²) in [5.41, 5.74) is 0.144. The third-order valence-corrected chi connectivity index (χ3v) is 0.748. The zero-order valence-electron chi connectivity index (χ0n) is 3.96. The van der Waals surface area contributed by atoms with Gasteiger partial charge in [-0.3, -0.25) is 0 Å². The fraction of sp³-hybridized carbons (Fsp3) is 0.250. The minimum Gasteiger partial charge on any atom is -0.478 e. The fourth-order valence-electron chi connectivity index (χ4n) is 0.336. The molecule has 0 radical (unpaired) electrons. The third kappa shape index (κ3) is 0.788. The molecule has 4 nitrogen and oxygen atoms in total. The Labute approximate surface area is 45.3 Å². The van der Waals surface area contributed by atoms with Crippen molar-refractivity contribution in [2.24, 2.45) is 0 Å². The number of carboxylic acids is 1. The Morgan fingerprint density at radius 2 is 2.62 bits per heavy atom. The molecule has 0 unspecified atom stereocenters. The van der Waals surface area contributed by atoms with Crippen molar-refractivity contribution in [3.63, 3.8) is 0 Å². The summed E-state index contributed by atoms with van der Waals surface area (Å²) < 4.78 is 0. The van der Waals surface area contributed by atoms with Gasteiger partial charge in [-0.05, 0) is 0 Å². The van der Waals surface area contributed by atoms with Gasteiger partial charge in [0.05, 0.1) is 0 Å². The molecule has 0 amide bonds. The minimum absolute atomic E-state index is 0.0370. The number of hydrogen-bond donors (Lipinski definition) is 1. The average Bonchev–Trinajstić information content (AvgIpc) is 2.12. The number of hydrogen-bond acceptors (Lipinski definition) is 3. The van der Waals surface area contributed by atoms with Gasteiger partial charge in [-0.25, -0.2) is 4.79 Å². The Bertz CT molecular complexity index is 137. The van der Waals surface area contributed by atoms with Crippen LogP contribution in [0.25, 0.3) is 0 Å². The van der Waals surface area contributed by atoms with E-state index in [4.69, 9.17) is 5.11 Å². The van der Waals surface area contributed by atoms with Gasteiger partial charge in [0.15, 0.2) is 0 Å². The highest BCUT2D eigenvalue weighted by Gasteiger charge is 2.13. The van der Waals surface area contributed by atoms with Gasteiger partial charge >= 0.3 is 5.97 Å². The molecule has 1 aliphatic heterocycles. The molecule has 4 heteroatoms. The van der Waals surface area contributed by atoms with Crippen molar-refractivity contribution in [1.82, 2.24) is 0 Å². The lowest BCUT2D eigenvalue weighted by atomic mass is 10.3. The summed E-state index contributed by atoms with van der Waals surface area (Å²) in [5.74, 6) is -0.998. The zero-order chi connectivity index (χ0) is 5.98. The van der Waals surface area contributed by atoms with Gasteiger partial charge in [-0.1, -0.05) is 0 Å². The van der Waals surface area contributed by atoms with Crippen molar-refractivity contribution in [1.29, 1.82) is 0 Å². The first-order chi connectivity index (χ1) is 3.80. The highest BCUT2D eigenvalue weighted by molar-refractivity contribution is 5.86. The summed E-state index contributed by atoms with van der Waals surface area (Å²) in [6.07, 6.45) is 1.07. The molecule has 44 valence electrons. The first-order valence-corrected chi connectivity index (χ1v) is 2.01. The van der Waals surface area contributed by atoms with Crippen LogP contribution in [0, 0.1) is 0 Å². The topological polar surface area (TPSA) is 55.8 Å². The van der Waals surface area contributed by atoms with Gasteiger partial charge in [0, 0.05) is 0 Å². The van der Waals surface area contributed by atoms with Crippen LogP contribution in [0.5, 0.6) is 0 Å². The second kappa shape index (κ2) is 1.83. The maximum atomic E-state index is 9.97. The normalized spacial score (nSPS) is 17.2. The van der Waals surface area contributed by atoms with Gasteiger partial charge in [0.2, 0.25) is 0 Å². The minimum atomic E-state index is -0.998. The number of carbonyl (C=O) groups is 1. The Hall–Kier alpha value is -1.03. The van der Waals surface area contributed by atoms with Crippen LogP contribution in [-0.4, -0.2) is 17.7 Å². The van der Waals surface area contributed by atoms with Crippen molar-refractivity contribution in [2.45, 2.75) is 0 Å². The summed E-state index contributed by atoms with van der Waals surface area (Å²) in [4.78, 5) is 18.4. The van der Waals surface area contributed by atoms with E-state index in [-0.39, 0.29) is 12.2 Å². The van der Waals surface area contributed by atoms with Crippen LogP contribution in [-0.2, 0) is 14.6 Å². The lowest BCUT2D eigenvalue weighted by Crippen LogP contribution is -2.00. The van der Waals surface area contributed by atoms with Gasteiger partial charge in [-0.2, -0.15) is 4.89 Å². The van der Waals surface area contributed by atoms with E-state index in [2.05, 4.69) is 9.78 Å². The Kier molecular flexibility index (Phi) is 1.17. The first kappa shape index (κ1) is 5.11. The second-order valence-electron chi connectivity index (χ2n) is 1.31. The number of aliphatic carboxylic acids is 1. The van der Waals surface area contributed by atoms with Crippen LogP contribution in [0.15, 0.2) is 11.8 Å². The number of carboxylic acid groups (broad SMARTS) is 1. The maximum absolute atomic E-state index is 9.97. The summed E-state index contributed by atoms with van der Waals surface area (Å²) in [5, 5.41) is 8.18. The zero-order valence-corrected chi connectivity index (χ0v) is 3.96. The molecular weight excluding hydrogens is 112 g/mol. The molecule has 0 aromatic carbocycles. The van der Waals surface area contributed by atoms with E-state index in [0.717, 1.165) is 6.26 Å². The molecule has 1 aliphatic rings. The molecule has 1 N–H and O–H groups in total. The SMILES string of the molecule is O=C(O)C1=COOC1. The van der Waals surface area contributed by atoms with E-state index in [1.54, 1.807) is 0 Å². The van der Waals surface area contributed by atoms with Gasteiger partial charge in [0.25, 0.3) is 0 Å². The van der Waals surface area contributed by atoms with Crippen molar-refractivity contribution in [3.8, 4) is 0 Å². The molecule has 0 spiro atoms.